The molecule has 2 amide bonds. The Morgan fingerprint density at radius 2 is 2.21 bits per heavy atom. The maximum atomic E-state index is 12.0. The van der Waals surface area contributed by atoms with Crippen LogP contribution in [0.15, 0.2) is 12.3 Å². The summed E-state index contributed by atoms with van der Waals surface area (Å²) < 4.78 is 0. The molecular formula is C13H20N4O2. The van der Waals surface area contributed by atoms with Gasteiger partial charge < -0.3 is 10.2 Å². The molecule has 1 aliphatic heterocycles. The largest absolute Gasteiger partial charge is 0.355 e. The van der Waals surface area contributed by atoms with E-state index in [0.717, 1.165) is 25.0 Å². The average molecular weight is 264 g/mol. The summed E-state index contributed by atoms with van der Waals surface area (Å²) in [4.78, 5) is 25.0. The molecule has 0 unspecified atom stereocenters. The number of amides is 2. The van der Waals surface area contributed by atoms with Crippen molar-refractivity contribution in [1.82, 2.24) is 20.4 Å². The van der Waals surface area contributed by atoms with Gasteiger partial charge in [-0.15, -0.1) is 0 Å². The number of H-pyrrole nitrogens is 1. The van der Waals surface area contributed by atoms with Gasteiger partial charge in [0.1, 0.15) is 0 Å². The maximum Gasteiger partial charge on any atom is 0.223 e. The number of hydrogen-bond donors (Lipinski definition) is 2. The molecule has 0 aliphatic carbocycles. The highest BCUT2D eigenvalue weighted by Crippen LogP contribution is 2.17. The van der Waals surface area contributed by atoms with Gasteiger partial charge in [-0.2, -0.15) is 5.10 Å². The summed E-state index contributed by atoms with van der Waals surface area (Å²) in [5.41, 5.74) is 1.02. The summed E-state index contributed by atoms with van der Waals surface area (Å²) >= 11 is 0. The molecule has 1 aromatic rings. The number of hydrogen-bond acceptors (Lipinski definition) is 3. The summed E-state index contributed by atoms with van der Waals surface area (Å²) in [6.45, 7) is 3.57. The molecule has 1 fully saturated rings. The van der Waals surface area contributed by atoms with E-state index < -0.39 is 0 Å². The van der Waals surface area contributed by atoms with Crippen LogP contribution in [0.2, 0.25) is 0 Å². The van der Waals surface area contributed by atoms with Crippen LogP contribution in [0.1, 0.15) is 25.5 Å². The third kappa shape index (κ3) is 3.81. The summed E-state index contributed by atoms with van der Waals surface area (Å²) in [5, 5.41) is 9.67. The third-order valence-corrected chi connectivity index (χ3v) is 3.56. The van der Waals surface area contributed by atoms with E-state index in [1.807, 2.05) is 6.07 Å². The molecule has 1 aromatic heterocycles. The fourth-order valence-corrected chi connectivity index (χ4v) is 2.35. The fourth-order valence-electron chi connectivity index (χ4n) is 2.35. The second kappa shape index (κ2) is 6.36. The minimum atomic E-state index is 0.0392. The summed E-state index contributed by atoms with van der Waals surface area (Å²) in [6.07, 6.45) is 3.98. The Kier molecular flexibility index (Phi) is 4.54. The van der Waals surface area contributed by atoms with Crippen molar-refractivity contribution in [1.29, 1.82) is 0 Å². The molecule has 2 rings (SSSR count). The lowest BCUT2D eigenvalue weighted by Gasteiger charge is -2.30. The molecular weight excluding hydrogens is 244 g/mol. The van der Waals surface area contributed by atoms with E-state index >= 15 is 0 Å². The van der Waals surface area contributed by atoms with Crippen molar-refractivity contribution < 1.29 is 9.59 Å². The number of rotatable bonds is 4. The molecule has 2 heterocycles. The van der Waals surface area contributed by atoms with Gasteiger partial charge in [-0.1, -0.05) is 0 Å². The van der Waals surface area contributed by atoms with Crippen molar-refractivity contribution in [3.63, 3.8) is 0 Å². The zero-order valence-corrected chi connectivity index (χ0v) is 11.2. The molecule has 104 valence electrons. The van der Waals surface area contributed by atoms with Gasteiger partial charge in [0.2, 0.25) is 11.8 Å². The smallest absolute Gasteiger partial charge is 0.223 e. The van der Waals surface area contributed by atoms with Crippen LogP contribution in [-0.4, -0.2) is 46.5 Å². The Balaban J connectivity index is 1.68. The van der Waals surface area contributed by atoms with E-state index in [9.17, 15) is 9.59 Å². The number of carbonyl (C=O) groups is 2. The molecule has 0 spiro atoms. The van der Waals surface area contributed by atoms with E-state index in [1.165, 1.54) is 0 Å². The van der Waals surface area contributed by atoms with Gasteiger partial charge in [-0.05, 0) is 18.9 Å². The van der Waals surface area contributed by atoms with Crippen molar-refractivity contribution in [3.8, 4) is 0 Å². The topological polar surface area (TPSA) is 78.1 Å². The molecule has 1 aliphatic rings. The van der Waals surface area contributed by atoms with Gasteiger partial charge in [-0.3, -0.25) is 14.7 Å². The van der Waals surface area contributed by atoms with Crippen molar-refractivity contribution in [2.75, 3.05) is 19.6 Å². The van der Waals surface area contributed by atoms with Gasteiger partial charge in [0.05, 0.1) is 0 Å². The molecule has 6 nitrogen and oxygen atoms in total. The quantitative estimate of drug-likeness (QED) is 0.822. The van der Waals surface area contributed by atoms with Crippen LogP contribution in [-0.2, 0) is 16.0 Å². The number of piperidine rings is 1. The van der Waals surface area contributed by atoms with Crippen LogP contribution in [0.3, 0.4) is 0 Å². The lowest BCUT2D eigenvalue weighted by molar-refractivity contribution is -0.133. The van der Waals surface area contributed by atoms with Crippen molar-refractivity contribution in [2.45, 2.75) is 26.2 Å². The number of nitrogens with one attached hydrogen (secondary N) is 2. The Hall–Kier alpha value is -1.85. The highest BCUT2D eigenvalue weighted by Gasteiger charge is 2.25. The van der Waals surface area contributed by atoms with Gasteiger partial charge >= 0.3 is 0 Å². The minimum absolute atomic E-state index is 0.0392. The summed E-state index contributed by atoms with van der Waals surface area (Å²) in [7, 11) is 0. The van der Waals surface area contributed by atoms with Gasteiger partial charge in [0.15, 0.2) is 0 Å². The first-order valence-electron chi connectivity index (χ1n) is 6.68. The maximum absolute atomic E-state index is 12.0. The number of nitrogens with zero attached hydrogens (tertiary/aromatic N) is 2. The number of likely N-dealkylation sites (tertiary alicyclic amines) is 1. The molecule has 0 atom stereocenters. The van der Waals surface area contributed by atoms with Gasteiger partial charge in [0, 0.05) is 50.8 Å². The second-order valence-corrected chi connectivity index (χ2v) is 4.90. The lowest BCUT2D eigenvalue weighted by atomic mass is 9.96. The van der Waals surface area contributed by atoms with E-state index in [2.05, 4.69) is 15.5 Å². The lowest BCUT2D eigenvalue weighted by Crippen LogP contribution is -2.42. The Labute approximate surface area is 112 Å². The van der Waals surface area contributed by atoms with Crippen molar-refractivity contribution in [2.24, 2.45) is 5.92 Å². The number of carbonyl (C=O) groups excluding carboxylic acids is 2. The van der Waals surface area contributed by atoms with Crippen LogP contribution in [0.4, 0.5) is 0 Å². The molecule has 0 saturated carbocycles. The first-order valence-corrected chi connectivity index (χ1v) is 6.68. The van der Waals surface area contributed by atoms with Crippen LogP contribution in [0.5, 0.6) is 0 Å². The summed E-state index contributed by atoms with van der Waals surface area (Å²) in [6, 6.07) is 1.90. The SMILES string of the molecule is CC(=O)N1CCC(C(=O)NCCc2ccn[nH]2)CC1. The molecule has 6 heteroatoms. The number of aromatic amines is 1. The average Bonchev–Trinajstić information content (AvgIpc) is 2.92. The van der Waals surface area contributed by atoms with E-state index in [0.29, 0.717) is 19.6 Å². The Morgan fingerprint density at radius 3 is 2.79 bits per heavy atom. The highest BCUT2D eigenvalue weighted by atomic mass is 16.2. The summed E-state index contributed by atoms with van der Waals surface area (Å²) in [5.74, 6) is 0.234. The van der Waals surface area contributed by atoms with Crippen molar-refractivity contribution >= 4 is 11.8 Å². The Morgan fingerprint density at radius 1 is 1.47 bits per heavy atom. The molecule has 1 saturated heterocycles. The van der Waals surface area contributed by atoms with Crippen LogP contribution < -0.4 is 5.32 Å². The molecule has 2 N–H and O–H groups in total. The second-order valence-electron chi connectivity index (χ2n) is 4.90. The zero-order chi connectivity index (χ0) is 13.7. The predicted molar refractivity (Wildman–Crippen MR) is 70.3 cm³/mol. The van der Waals surface area contributed by atoms with Gasteiger partial charge in [0.25, 0.3) is 0 Å². The third-order valence-electron chi connectivity index (χ3n) is 3.56. The Bertz CT molecular complexity index is 422. The standard InChI is InChI=1S/C13H20N4O2/c1-10(18)17-8-4-11(5-9-17)13(19)14-6-2-12-3-7-15-16-12/h3,7,11H,2,4-6,8-9H2,1H3,(H,14,19)(H,15,16). The monoisotopic (exact) mass is 264 g/mol. The molecule has 0 bridgehead atoms. The van der Waals surface area contributed by atoms with E-state index in [4.69, 9.17) is 0 Å². The molecule has 19 heavy (non-hydrogen) atoms. The van der Waals surface area contributed by atoms with Crippen LogP contribution >= 0.6 is 0 Å². The first kappa shape index (κ1) is 13.6. The normalized spacial score (nSPS) is 16.4. The highest BCUT2D eigenvalue weighted by molar-refractivity contribution is 5.79. The van der Waals surface area contributed by atoms with Crippen molar-refractivity contribution in [3.05, 3.63) is 18.0 Å². The first-order chi connectivity index (χ1) is 9.16. The number of aromatic nitrogens is 2. The molecule has 0 radical (unpaired) electrons. The van der Waals surface area contributed by atoms with Crippen LogP contribution in [0, 0.1) is 5.92 Å². The molecule has 0 aromatic carbocycles. The fraction of sp³-hybridized carbons (Fsp3) is 0.615. The predicted octanol–water partition coefficient (Wildman–Crippen LogP) is 0.327. The minimum Gasteiger partial charge on any atom is -0.355 e. The van der Waals surface area contributed by atoms with Crippen LogP contribution in [0.25, 0.3) is 0 Å². The van der Waals surface area contributed by atoms with Gasteiger partial charge in [-0.25, -0.2) is 0 Å². The van der Waals surface area contributed by atoms with E-state index in [1.54, 1.807) is 18.0 Å². The zero-order valence-electron chi connectivity index (χ0n) is 11.2. The van der Waals surface area contributed by atoms with E-state index in [-0.39, 0.29) is 17.7 Å².